The molecule has 0 saturated carbocycles. The quantitative estimate of drug-likeness (QED) is 0.530. The molecule has 0 aliphatic heterocycles. The van der Waals surface area contributed by atoms with Gasteiger partial charge in [0.25, 0.3) is 0 Å². The molecule has 0 spiro atoms. The van der Waals surface area contributed by atoms with Gasteiger partial charge in [0.1, 0.15) is 12.7 Å². The maximum atomic E-state index is 5.48. The standard InChI is InChI=1S/C9H10N6/c10-15-9(7-1-11-5-12-2-7)8-3-13-6-14-4-8/h1-6,9,15H,10H2. The minimum absolute atomic E-state index is 0.188. The van der Waals surface area contributed by atoms with Gasteiger partial charge < -0.3 is 0 Å². The molecule has 0 aromatic carbocycles. The Morgan fingerprint density at radius 2 is 1.27 bits per heavy atom. The second kappa shape index (κ2) is 4.54. The summed E-state index contributed by atoms with van der Waals surface area (Å²) in [4.78, 5) is 15.7. The highest BCUT2D eigenvalue weighted by Crippen LogP contribution is 2.17. The highest BCUT2D eigenvalue weighted by atomic mass is 15.2. The van der Waals surface area contributed by atoms with Crippen molar-refractivity contribution in [2.45, 2.75) is 6.04 Å². The van der Waals surface area contributed by atoms with Crippen LogP contribution in [0.1, 0.15) is 17.2 Å². The van der Waals surface area contributed by atoms with E-state index in [9.17, 15) is 0 Å². The molecule has 6 heteroatoms. The molecule has 0 aliphatic carbocycles. The fourth-order valence-corrected chi connectivity index (χ4v) is 1.30. The number of nitrogens with two attached hydrogens (primary N) is 1. The van der Waals surface area contributed by atoms with Gasteiger partial charge in [0, 0.05) is 35.9 Å². The van der Waals surface area contributed by atoms with Crippen molar-refractivity contribution in [2.75, 3.05) is 0 Å². The molecule has 76 valence electrons. The van der Waals surface area contributed by atoms with Crippen molar-refractivity contribution in [1.82, 2.24) is 25.4 Å². The van der Waals surface area contributed by atoms with E-state index in [0.29, 0.717) is 0 Å². The number of hydrogen-bond acceptors (Lipinski definition) is 6. The van der Waals surface area contributed by atoms with Gasteiger partial charge in [0.05, 0.1) is 6.04 Å². The molecule has 2 aromatic heterocycles. The lowest BCUT2D eigenvalue weighted by molar-refractivity contribution is 0.627. The zero-order chi connectivity index (χ0) is 10.5. The van der Waals surface area contributed by atoms with Crippen LogP contribution >= 0.6 is 0 Å². The second-order valence-electron chi connectivity index (χ2n) is 2.94. The van der Waals surface area contributed by atoms with E-state index in [1.165, 1.54) is 12.7 Å². The predicted octanol–water partition coefficient (Wildman–Crippen LogP) is -0.181. The molecule has 0 unspecified atom stereocenters. The molecule has 2 heterocycles. The van der Waals surface area contributed by atoms with Crippen molar-refractivity contribution in [1.29, 1.82) is 0 Å². The summed E-state index contributed by atoms with van der Waals surface area (Å²) >= 11 is 0. The van der Waals surface area contributed by atoms with Crippen molar-refractivity contribution >= 4 is 0 Å². The zero-order valence-corrected chi connectivity index (χ0v) is 7.91. The highest BCUT2D eigenvalue weighted by molar-refractivity contribution is 5.23. The van der Waals surface area contributed by atoms with E-state index in [4.69, 9.17) is 5.84 Å². The molecule has 0 radical (unpaired) electrons. The molecule has 0 amide bonds. The summed E-state index contributed by atoms with van der Waals surface area (Å²) in [5, 5.41) is 0. The van der Waals surface area contributed by atoms with Crippen molar-refractivity contribution in [3.63, 3.8) is 0 Å². The fraction of sp³-hybridized carbons (Fsp3) is 0.111. The Kier molecular flexibility index (Phi) is 2.91. The smallest absolute Gasteiger partial charge is 0.115 e. The van der Waals surface area contributed by atoms with Crippen LogP contribution in [-0.2, 0) is 0 Å². The van der Waals surface area contributed by atoms with Crippen LogP contribution in [0.3, 0.4) is 0 Å². The minimum atomic E-state index is -0.188. The number of hydrazine groups is 1. The topological polar surface area (TPSA) is 89.6 Å². The van der Waals surface area contributed by atoms with Gasteiger partial charge in [0.2, 0.25) is 0 Å². The average molecular weight is 202 g/mol. The third kappa shape index (κ3) is 2.12. The van der Waals surface area contributed by atoms with Gasteiger partial charge in [-0.3, -0.25) is 5.84 Å². The monoisotopic (exact) mass is 202 g/mol. The summed E-state index contributed by atoms with van der Waals surface area (Å²) in [6.07, 6.45) is 9.74. The summed E-state index contributed by atoms with van der Waals surface area (Å²) < 4.78 is 0. The van der Waals surface area contributed by atoms with Gasteiger partial charge in [-0.25, -0.2) is 25.4 Å². The van der Waals surface area contributed by atoms with Gasteiger partial charge in [-0.15, -0.1) is 0 Å². The van der Waals surface area contributed by atoms with Gasteiger partial charge in [-0.05, 0) is 0 Å². The molecule has 6 nitrogen and oxygen atoms in total. The number of nitrogens with zero attached hydrogens (tertiary/aromatic N) is 4. The number of nitrogens with one attached hydrogen (secondary N) is 1. The molecule has 0 saturated heterocycles. The van der Waals surface area contributed by atoms with Crippen LogP contribution in [0.5, 0.6) is 0 Å². The largest absolute Gasteiger partial charge is 0.271 e. The van der Waals surface area contributed by atoms with Crippen LogP contribution in [-0.4, -0.2) is 19.9 Å². The van der Waals surface area contributed by atoms with Crippen molar-refractivity contribution in [2.24, 2.45) is 5.84 Å². The Morgan fingerprint density at radius 3 is 1.60 bits per heavy atom. The fourth-order valence-electron chi connectivity index (χ4n) is 1.30. The van der Waals surface area contributed by atoms with E-state index in [2.05, 4.69) is 25.4 Å². The predicted molar refractivity (Wildman–Crippen MR) is 53.2 cm³/mol. The maximum Gasteiger partial charge on any atom is 0.115 e. The molecule has 15 heavy (non-hydrogen) atoms. The summed E-state index contributed by atoms with van der Waals surface area (Å²) in [6.45, 7) is 0. The first-order valence-corrected chi connectivity index (χ1v) is 4.37. The van der Waals surface area contributed by atoms with Crippen LogP contribution in [0.4, 0.5) is 0 Å². The van der Waals surface area contributed by atoms with Gasteiger partial charge in [-0.1, -0.05) is 0 Å². The molecule has 0 bridgehead atoms. The third-order valence-corrected chi connectivity index (χ3v) is 1.99. The van der Waals surface area contributed by atoms with Gasteiger partial charge in [-0.2, -0.15) is 0 Å². The van der Waals surface area contributed by atoms with Crippen molar-refractivity contribution in [3.05, 3.63) is 48.6 Å². The summed E-state index contributed by atoms with van der Waals surface area (Å²) in [6, 6.07) is -0.188. The summed E-state index contributed by atoms with van der Waals surface area (Å²) in [7, 11) is 0. The van der Waals surface area contributed by atoms with E-state index in [1.54, 1.807) is 24.8 Å². The van der Waals surface area contributed by atoms with Crippen LogP contribution in [0, 0.1) is 0 Å². The lowest BCUT2D eigenvalue weighted by Crippen LogP contribution is -2.29. The van der Waals surface area contributed by atoms with E-state index in [-0.39, 0.29) is 6.04 Å². The maximum absolute atomic E-state index is 5.48. The van der Waals surface area contributed by atoms with E-state index in [0.717, 1.165) is 11.1 Å². The minimum Gasteiger partial charge on any atom is -0.271 e. The Labute approximate surface area is 86.6 Å². The number of aromatic nitrogens is 4. The zero-order valence-electron chi connectivity index (χ0n) is 7.91. The molecule has 2 aromatic rings. The van der Waals surface area contributed by atoms with Crippen LogP contribution in [0.15, 0.2) is 37.4 Å². The highest BCUT2D eigenvalue weighted by Gasteiger charge is 2.12. The second-order valence-corrected chi connectivity index (χ2v) is 2.94. The third-order valence-electron chi connectivity index (χ3n) is 1.99. The van der Waals surface area contributed by atoms with Gasteiger partial charge in [0.15, 0.2) is 0 Å². The first kappa shape index (κ1) is 9.63. The number of hydrogen-bond donors (Lipinski definition) is 2. The van der Waals surface area contributed by atoms with Crippen LogP contribution in [0.2, 0.25) is 0 Å². The first-order chi connectivity index (χ1) is 7.42. The number of rotatable bonds is 3. The van der Waals surface area contributed by atoms with Crippen molar-refractivity contribution in [3.8, 4) is 0 Å². The Morgan fingerprint density at radius 1 is 0.867 bits per heavy atom. The summed E-state index contributed by atoms with van der Waals surface area (Å²) in [5.74, 6) is 5.48. The van der Waals surface area contributed by atoms with Gasteiger partial charge >= 0.3 is 0 Å². The Hall–Kier alpha value is -1.92. The van der Waals surface area contributed by atoms with E-state index < -0.39 is 0 Å². The molecular weight excluding hydrogens is 192 g/mol. The Bertz CT molecular complexity index is 364. The molecule has 0 fully saturated rings. The van der Waals surface area contributed by atoms with E-state index in [1.807, 2.05) is 0 Å². The average Bonchev–Trinajstić information content (AvgIpc) is 2.33. The van der Waals surface area contributed by atoms with Crippen molar-refractivity contribution < 1.29 is 0 Å². The normalized spacial score (nSPS) is 10.5. The SMILES string of the molecule is NNC(c1cncnc1)c1cncnc1. The molecule has 0 atom stereocenters. The van der Waals surface area contributed by atoms with Crippen LogP contribution in [0.25, 0.3) is 0 Å². The molecular formula is C9H10N6. The first-order valence-electron chi connectivity index (χ1n) is 4.37. The summed E-state index contributed by atoms with van der Waals surface area (Å²) in [5.41, 5.74) is 4.42. The molecule has 2 rings (SSSR count). The molecule has 3 N–H and O–H groups in total. The lowest BCUT2D eigenvalue weighted by Gasteiger charge is -2.14. The van der Waals surface area contributed by atoms with Crippen LogP contribution < -0.4 is 11.3 Å². The van der Waals surface area contributed by atoms with E-state index >= 15 is 0 Å². The Balaban J connectivity index is 2.34. The molecule has 0 aliphatic rings. The lowest BCUT2D eigenvalue weighted by atomic mass is 10.1.